The monoisotopic (exact) mass is 241 g/mol. The van der Waals surface area contributed by atoms with Gasteiger partial charge in [-0.1, -0.05) is 29.8 Å². The fourth-order valence-corrected chi connectivity index (χ4v) is 2.63. The van der Waals surface area contributed by atoms with Crippen molar-refractivity contribution in [1.82, 2.24) is 4.57 Å². The summed E-state index contributed by atoms with van der Waals surface area (Å²) in [4.78, 5) is 0. The quantitative estimate of drug-likeness (QED) is 0.638. The summed E-state index contributed by atoms with van der Waals surface area (Å²) in [6.07, 6.45) is 0.571. The molecule has 2 aromatic carbocycles. The van der Waals surface area contributed by atoms with E-state index >= 15 is 0 Å². The number of rotatable bonds is 3. The average molecular weight is 241 g/mol. The van der Waals surface area contributed by atoms with Crippen LogP contribution in [0.3, 0.4) is 0 Å². The summed E-state index contributed by atoms with van der Waals surface area (Å²) in [6.45, 7) is 2.58. The van der Waals surface area contributed by atoms with E-state index in [2.05, 4.69) is 47.9 Å². The molecule has 1 heterocycles. The van der Waals surface area contributed by atoms with E-state index in [-0.39, 0.29) is 6.67 Å². The van der Waals surface area contributed by atoms with Crippen LogP contribution in [0.15, 0.2) is 42.5 Å². The van der Waals surface area contributed by atoms with Gasteiger partial charge in [0, 0.05) is 28.4 Å². The highest BCUT2D eigenvalue weighted by Crippen LogP contribution is 2.29. The molecule has 1 nitrogen and oxygen atoms in total. The van der Waals surface area contributed by atoms with Crippen molar-refractivity contribution in [2.75, 3.05) is 6.67 Å². The molecule has 0 saturated heterocycles. The zero-order chi connectivity index (χ0) is 12.5. The normalized spacial score (nSPS) is 11.4. The summed E-state index contributed by atoms with van der Waals surface area (Å²) in [6, 6.07) is 14.8. The maximum Gasteiger partial charge on any atom is 0.0911 e. The van der Waals surface area contributed by atoms with Gasteiger partial charge in [-0.15, -0.1) is 0 Å². The number of hydrogen-bond acceptors (Lipinski definition) is 0. The summed E-state index contributed by atoms with van der Waals surface area (Å²) in [5, 5.41) is 2.53. The van der Waals surface area contributed by atoms with Crippen molar-refractivity contribution in [3.63, 3.8) is 0 Å². The van der Waals surface area contributed by atoms with Crippen molar-refractivity contribution < 1.29 is 4.39 Å². The number of nitrogens with zero attached hydrogens (tertiary/aromatic N) is 1. The second-order valence-electron chi connectivity index (χ2n) is 4.73. The van der Waals surface area contributed by atoms with Gasteiger partial charge < -0.3 is 4.57 Å². The maximum atomic E-state index is 12.4. The molecular weight excluding hydrogens is 225 g/mol. The number of aromatic nitrogens is 1. The Morgan fingerprint density at radius 2 is 1.78 bits per heavy atom. The van der Waals surface area contributed by atoms with E-state index in [9.17, 15) is 4.39 Å². The predicted octanol–water partition coefficient (Wildman–Crippen LogP) is 4.46. The maximum absolute atomic E-state index is 12.4. The summed E-state index contributed by atoms with van der Waals surface area (Å²) in [5.74, 6) is 0. The summed E-state index contributed by atoms with van der Waals surface area (Å²) >= 11 is 0. The van der Waals surface area contributed by atoms with Gasteiger partial charge in [-0.25, -0.2) is 0 Å². The fourth-order valence-electron chi connectivity index (χ4n) is 2.63. The van der Waals surface area contributed by atoms with Gasteiger partial charge in [0.25, 0.3) is 0 Å². The van der Waals surface area contributed by atoms with Crippen molar-refractivity contribution in [1.29, 1.82) is 0 Å². The third-order valence-corrected chi connectivity index (χ3v) is 3.44. The van der Waals surface area contributed by atoms with E-state index < -0.39 is 0 Å². The van der Waals surface area contributed by atoms with Crippen molar-refractivity contribution in [3.05, 3.63) is 48.0 Å². The zero-order valence-corrected chi connectivity index (χ0v) is 10.5. The third-order valence-electron chi connectivity index (χ3n) is 3.44. The van der Waals surface area contributed by atoms with Crippen LogP contribution in [0, 0.1) is 6.92 Å². The molecule has 0 aliphatic carbocycles. The van der Waals surface area contributed by atoms with Crippen LogP contribution >= 0.6 is 0 Å². The topological polar surface area (TPSA) is 4.93 Å². The number of para-hydroxylation sites is 1. The van der Waals surface area contributed by atoms with Gasteiger partial charge in [0.2, 0.25) is 0 Å². The van der Waals surface area contributed by atoms with E-state index in [4.69, 9.17) is 0 Å². The Kier molecular flexibility index (Phi) is 2.78. The van der Waals surface area contributed by atoms with E-state index in [1.807, 2.05) is 6.07 Å². The third kappa shape index (κ3) is 1.69. The Bertz CT molecular complexity index is 697. The Labute approximate surface area is 106 Å². The summed E-state index contributed by atoms with van der Waals surface area (Å²) < 4.78 is 14.7. The second-order valence-corrected chi connectivity index (χ2v) is 4.73. The number of hydrogen-bond donors (Lipinski definition) is 0. The van der Waals surface area contributed by atoms with Crippen LogP contribution < -0.4 is 0 Å². The molecule has 0 spiro atoms. The minimum Gasteiger partial charge on any atom is -0.340 e. The lowest BCUT2D eigenvalue weighted by Crippen LogP contribution is -1.98. The van der Waals surface area contributed by atoms with Crippen LogP contribution in [0.1, 0.15) is 12.0 Å². The molecule has 0 aliphatic rings. The minimum absolute atomic E-state index is 0.264. The van der Waals surface area contributed by atoms with Gasteiger partial charge in [-0.2, -0.15) is 0 Å². The molecule has 0 bridgehead atoms. The van der Waals surface area contributed by atoms with Gasteiger partial charge in [0.15, 0.2) is 0 Å². The van der Waals surface area contributed by atoms with Crippen LogP contribution in [0.2, 0.25) is 0 Å². The van der Waals surface area contributed by atoms with Crippen molar-refractivity contribution in [3.8, 4) is 0 Å². The van der Waals surface area contributed by atoms with E-state index in [1.54, 1.807) is 0 Å². The average Bonchev–Trinajstić information content (AvgIpc) is 2.70. The van der Waals surface area contributed by atoms with Crippen LogP contribution in [0.4, 0.5) is 4.39 Å². The molecule has 0 amide bonds. The lowest BCUT2D eigenvalue weighted by atomic mass is 10.1. The SMILES string of the molecule is Cc1ccc2c(c1)c1ccccc1n2CCCF. The highest BCUT2D eigenvalue weighted by Gasteiger charge is 2.09. The molecule has 92 valence electrons. The van der Waals surface area contributed by atoms with Crippen LogP contribution in [-0.2, 0) is 6.54 Å². The highest BCUT2D eigenvalue weighted by molar-refractivity contribution is 6.08. The summed E-state index contributed by atoms with van der Waals surface area (Å²) in [7, 11) is 0. The lowest BCUT2D eigenvalue weighted by molar-refractivity contribution is 0.452. The fraction of sp³-hybridized carbons (Fsp3) is 0.250. The first kappa shape index (κ1) is 11.3. The summed E-state index contributed by atoms with van der Waals surface area (Å²) in [5.41, 5.74) is 3.66. The van der Waals surface area contributed by atoms with Crippen LogP contribution in [-0.4, -0.2) is 11.2 Å². The van der Waals surface area contributed by atoms with Gasteiger partial charge >= 0.3 is 0 Å². The molecule has 0 atom stereocenters. The van der Waals surface area contributed by atoms with E-state index in [0.29, 0.717) is 6.42 Å². The number of halogens is 1. The smallest absolute Gasteiger partial charge is 0.0911 e. The molecule has 3 rings (SSSR count). The van der Waals surface area contributed by atoms with Gasteiger partial charge in [-0.3, -0.25) is 4.39 Å². The molecule has 0 N–H and O–H groups in total. The molecule has 1 aromatic heterocycles. The van der Waals surface area contributed by atoms with Gasteiger partial charge in [0.05, 0.1) is 6.67 Å². The molecule has 0 saturated carbocycles. The molecule has 0 aliphatic heterocycles. The first-order valence-corrected chi connectivity index (χ1v) is 6.35. The molecule has 0 radical (unpaired) electrons. The van der Waals surface area contributed by atoms with E-state index in [1.165, 1.54) is 27.4 Å². The highest BCUT2D eigenvalue weighted by atomic mass is 19.1. The first-order chi connectivity index (χ1) is 8.81. The molecule has 0 unspecified atom stereocenters. The largest absolute Gasteiger partial charge is 0.340 e. The second kappa shape index (κ2) is 4.45. The lowest BCUT2D eigenvalue weighted by Gasteiger charge is -2.05. The van der Waals surface area contributed by atoms with Crippen LogP contribution in [0.25, 0.3) is 21.8 Å². The Morgan fingerprint density at radius 3 is 2.61 bits per heavy atom. The first-order valence-electron chi connectivity index (χ1n) is 6.35. The molecule has 2 heteroatoms. The number of fused-ring (bicyclic) bond motifs is 3. The standard InChI is InChI=1S/C16H16FN/c1-12-7-8-16-14(11-12)13-5-2-3-6-15(13)18(16)10-4-9-17/h2-3,5-8,11H,4,9-10H2,1H3. The van der Waals surface area contributed by atoms with Gasteiger partial charge in [-0.05, 0) is 31.5 Å². The number of benzene rings is 2. The minimum atomic E-state index is -0.264. The molecule has 0 fully saturated rings. The van der Waals surface area contributed by atoms with Crippen molar-refractivity contribution in [2.45, 2.75) is 19.9 Å². The zero-order valence-electron chi connectivity index (χ0n) is 10.5. The van der Waals surface area contributed by atoms with Crippen molar-refractivity contribution in [2.24, 2.45) is 0 Å². The van der Waals surface area contributed by atoms with Gasteiger partial charge in [0.1, 0.15) is 0 Å². The Hall–Kier alpha value is -1.83. The van der Waals surface area contributed by atoms with Crippen molar-refractivity contribution >= 4 is 21.8 Å². The Morgan fingerprint density at radius 1 is 1.00 bits per heavy atom. The van der Waals surface area contributed by atoms with E-state index in [0.717, 1.165) is 6.54 Å². The number of alkyl halides is 1. The van der Waals surface area contributed by atoms with Crippen LogP contribution in [0.5, 0.6) is 0 Å². The Balaban J connectivity index is 2.34. The molecular formula is C16H16FN. The molecule has 3 aromatic rings. The molecule has 18 heavy (non-hydrogen) atoms. The number of aryl methyl sites for hydroxylation is 2. The predicted molar refractivity (Wildman–Crippen MR) is 74.8 cm³/mol.